The molecule has 3 aromatic rings. The van der Waals surface area contributed by atoms with Gasteiger partial charge in [-0.25, -0.2) is 8.78 Å². The zero-order chi connectivity index (χ0) is 17.7. The van der Waals surface area contributed by atoms with Gasteiger partial charge < -0.3 is 19.3 Å². The summed E-state index contributed by atoms with van der Waals surface area (Å²) in [6, 6.07) is 1.01. The van der Waals surface area contributed by atoms with Crippen molar-refractivity contribution < 1.29 is 13.3 Å². The summed E-state index contributed by atoms with van der Waals surface area (Å²) in [5.74, 6) is -1.63. The first-order valence-electron chi connectivity index (χ1n) is 8.06. The molecule has 9 heteroatoms. The van der Waals surface area contributed by atoms with Crippen LogP contribution in [0.2, 0.25) is 0 Å². The summed E-state index contributed by atoms with van der Waals surface area (Å²) in [5.41, 5.74) is -1.71. The van der Waals surface area contributed by atoms with E-state index in [4.69, 9.17) is 4.52 Å². The third-order valence-electron chi connectivity index (χ3n) is 4.59. The molecule has 0 bridgehead atoms. The van der Waals surface area contributed by atoms with Crippen LogP contribution in [0, 0.1) is 11.6 Å². The topological polar surface area (TPSA) is 83.3 Å². The van der Waals surface area contributed by atoms with Gasteiger partial charge >= 0.3 is 0 Å². The summed E-state index contributed by atoms with van der Waals surface area (Å²) in [4.78, 5) is 26.0. The zero-order valence-corrected chi connectivity index (χ0v) is 13.5. The van der Waals surface area contributed by atoms with Crippen LogP contribution in [0.1, 0.15) is 6.92 Å². The third kappa shape index (κ3) is 2.19. The molecule has 0 unspecified atom stereocenters. The minimum Gasteiger partial charge on any atom is -0.364 e. The first-order valence-corrected chi connectivity index (χ1v) is 8.06. The summed E-state index contributed by atoms with van der Waals surface area (Å²) < 4.78 is 36.4. The molecule has 132 valence electrons. The van der Waals surface area contributed by atoms with E-state index in [1.807, 2.05) is 0 Å². The van der Waals surface area contributed by atoms with Crippen LogP contribution in [0.4, 0.5) is 14.5 Å². The first-order chi connectivity index (χ1) is 12.0. The molecule has 2 N–H and O–H groups in total. The maximum Gasteiger partial charge on any atom is 0.293 e. The van der Waals surface area contributed by atoms with Crippen LogP contribution in [0.25, 0.3) is 22.0 Å². The van der Waals surface area contributed by atoms with E-state index < -0.39 is 22.6 Å². The van der Waals surface area contributed by atoms with Crippen molar-refractivity contribution in [3.05, 3.63) is 38.3 Å². The normalized spacial score (nSPS) is 15.4. The number of aryl methyl sites for hydroxylation is 1. The molecule has 0 radical (unpaired) electrons. The Kier molecular flexibility index (Phi) is 3.60. The number of hydrogen-bond donors (Lipinski definition) is 2. The molecule has 1 aliphatic heterocycles. The second-order valence-corrected chi connectivity index (χ2v) is 5.94. The lowest BCUT2D eigenvalue weighted by Crippen LogP contribution is -2.44. The number of benzene rings is 1. The number of fused-ring (bicyclic) bond motifs is 2. The second-order valence-electron chi connectivity index (χ2n) is 5.94. The van der Waals surface area contributed by atoms with Crippen LogP contribution in [-0.2, 0) is 6.54 Å². The smallest absolute Gasteiger partial charge is 0.293 e. The highest BCUT2D eigenvalue weighted by atomic mass is 19.1. The van der Waals surface area contributed by atoms with Gasteiger partial charge in [-0.2, -0.15) is 5.16 Å². The third-order valence-corrected chi connectivity index (χ3v) is 4.59. The van der Waals surface area contributed by atoms with Crippen LogP contribution in [-0.4, -0.2) is 35.9 Å². The van der Waals surface area contributed by atoms with Crippen molar-refractivity contribution >= 4 is 27.7 Å². The van der Waals surface area contributed by atoms with Crippen LogP contribution >= 0.6 is 0 Å². The van der Waals surface area contributed by atoms with Gasteiger partial charge in [-0.3, -0.25) is 9.59 Å². The summed E-state index contributed by atoms with van der Waals surface area (Å²) in [5, 5.41) is 4.81. The zero-order valence-electron chi connectivity index (χ0n) is 13.5. The Morgan fingerprint density at radius 3 is 2.64 bits per heavy atom. The van der Waals surface area contributed by atoms with Gasteiger partial charge in [0.15, 0.2) is 11.2 Å². The Hall–Kier alpha value is -2.68. The van der Waals surface area contributed by atoms with Crippen LogP contribution in [0.15, 0.2) is 20.2 Å². The molecule has 1 saturated heterocycles. The molecule has 1 aliphatic rings. The van der Waals surface area contributed by atoms with Crippen LogP contribution < -0.4 is 21.2 Å². The van der Waals surface area contributed by atoms with E-state index >= 15 is 4.39 Å². The fourth-order valence-electron chi connectivity index (χ4n) is 3.44. The van der Waals surface area contributed by atoms with Gasteiger partial charge in [-0.1, -0.05) is 0 Å². The van der Waals surface area contributed by atoms with Crippen molar-refractivity contribution in [2.24, 2.45) is 0 Å². The Balaban J connectivity index is 2.14. The van der Waals surface area contributed by atoms with Crippen molar-refractivity contribution in [2.75, 3.05) is 31.1 Å². The van der Waals surface area contributed by atoms with Crippen LogP contribution in [0.3, 0.4) is 0 Å². The molecule has 0 atom stereocenters. The van der Waals surface area contributed by atoms with E-state index in [0.717, 1.165) is 6.07 Å². The maximum absolute atomic E-state index is 15.3. The molecule has 4 rings (SSSR count). The fraction of sp³-hybridized carbons (Fsp3) is 0.375. The Morgan fingerprint density at radius 1 is 1.24 bits per heavy atom. The molecule has 3 heterocycles. The molecule has 0 amide bonds. The molecular weight excluding hydrogens is 334 g/mol. The molecule has 2 aromatic heterocycles. The molecule has 1 fully saturated rings. The highest BCUT2D eigenvalue weighted by Crippen LogP contribution is 2.31. The van der Waals surface area contributed by atoms with E-state index in [2.05, 4.69) is 10.5 Å². The average Bonchev–Trinajstić information content (AvgIpc) is 2.99. The van der Waals surface area contributed by atoms with E-state index in [0.29, 0.717) is 26.2 Å². The minimum absolute atomic E-state index is 0.0400. The van der Waals surface area contributed by atoms with Crippen LogP contribution in [0.5, 0.6) is 0 Å². The number of nitrogens with one attached hydrogen (secondary N) is 2. The lowest BCUT2D eigenvalue weighted by Gasteiger charge is -2.30. The predicted octanol–water partition coefficient (Wildman–Crippen LogP) is 1.14. The van der Waals surface area contributed by atoms with Crippen molar-refractivity contribution in [1.82, 2.24) is 15.0 Å². The van der Waals surface area contributed by atoms with Gasteiger partial charge in [0.1, 0.15) is 11.5 Å². The van der Waals surface area contributed by atoms with Crippen molar-refractivity contribution in [3.63, 3.8) is 0 Å². The highest BCUT2D eigenvalue weighted by Gasteiger charge is 2.26. The van der Waals surface area contributed by atoms with E-state index in [9.17, 15) is 14.0 Å². The van der Waals surface area contributed by atoms with E-state index in [1.54, 1.807) is 11.8 Å². The number of pyridine rings is 1. The summed E-state index contributed by atoms with van der Waals surface area (Å²) >= 11 is 0. The van der Waals surface area contributed by atoms with E-state index in [-0.39, 0.29) is 34.2 Å². The van der Waals surface area contributed by atoms with E-state index in [1.165, 1.54) is 4.57 Å². The number of anilines is 1. The average molecular weight is 350 g/mol. The number of aromatic amines is 1. The quantitative estimate of drug-likeness (QED) is 0.724. The fourth-order valence-corrected chi connectivity index (χ4v) is 3.44. The molecule has 0 saturated carbocycles. The summed E-state index contributed by atoms with van der Waals surface area (Å²) in [7, 11) is 0. The molecule has 25 heavy (non-hydrogen) atoms. The van der Waals surface area contributed by atoms with Gasteiger partial charge in [-0.15, -0.1) is 0 Å². The SMILES string of the molecule is CCn1c2o[nH]c(=O)c2c(=O)c2cc(F)c(N3CCNCC3)c(F)c21. The van der Waals surface area contributed by atoms with Gasteiger partial charge in [0.25, 0.3) is 5.56 Å². The number of piperazine rings is 1. The minimum atomic E-state index is -0.818. The Labute approximate surface area is 139 Å². The molecule has 0 aliphatic carbocycles. The van der Waals surface area contributed by atoms with Gasteiger partial charge in [0.05, 0.1) is 10.9 Å². The highest BCUT2D eigenvalue weighted by molar-refractivity contribution is 5.93. The number of H-pyrrole nitrogens is 1. The van der Waals surface area contributed by atoms with Crippen molar-refractivity contribution in [2.45, 2.75) is 13.5 Å². The van der Waals surface area contributed by atoms with Gasteiger partial charge in [-0.05, 0) is 13.0 Å². The van der Waals surface area contributed by atoms with Crippen molar-refractivity contribution in [3.8, 4) is 0 Å². The molecular formula is C16H16F2N4O3. The lowest BCUT2D eigenvalue weighted by atomic mass is 10.1. The maximum atomic E-state index is 15.3. The largest absolute Gasteiger partial charge is 0.364 e. The van der Waals surface area contributed by atoms with Crippen molar-refractivity contribution in [1.29, 1.82) is 0 Å². The number of nitrogens with zero attached hydrogens (tertiary/aromatic N) is 2. The lowest BCUT2D eigenvalue weighted by molar-refractivity contribution is 0.429. The first kappa shape index (κ1) is 15.8. The molecule has 1 aromatic carbocycles. The Morgan fingerprint density at radius 2 is 1.96 bits per heavy atom. The standard InChI is InChI=1S/C16H16F2N4O3/c1-2-22-12-8(14(23)10-15(24)20-25-16(10)22)7-9(17)13(11(12)18)21-5-3-19-4-6-21/h7,19H,2-6H2,1H3,(H,20,24). The number of hydrogen-bond acceptors (Lipinski definition) is 5. The molecule has 0 spiro atoms. The van der Waals surface area contributed by atoms with Gasteiger partial charge in [0.2, 0.25) is 11.1 Å². The summed E-state index contributed by atoms with van der Waals surface area (Å²) in [6.45, 7) is 4.11. The number of rotatable bonds is 2. The monoisotopic (exact) mass is 350 g/mol. The molecule has 7 nitrogen and oxygen atoms in total. The second kappa shape index (κ2) is 5.69. The predicted molar refractivity (Wildman–Crippen MR) is 89.3 cm³/mol. The number of aromatic nitrogens is 2. The van der Waals surface area contributed by atoms with Gasteiger partial charge in [0, 0.05) is 32.7 Å². The Bertz CT molecular complexity index is 1090. The summed E-state index contributed by atoms with van der Waals surface area (Å²) in [6.07, 6.45) is 0. The number of halogens is 2.